The third-order valence-electron chi connectivity index (χ3n) is 8.03. The number of nitrogens with zero attached hydrogens (tertiary/aromatic N) is 6. The first-order chi connectivity index (χ1) is 21.4. The van der Waals surface area contributed by atoms with E-state index in [1.54, 1.807) is 11.8 Å². The lowest BCUT2D eigenvalue weighted by molar-refractivity contribution is -0.126. The number of fused-ring (bicyclic) bond motifs is 1. The normalized spacial score (nSPS) is 17.4. The topological polar surface area (TPSA) is 128 Å². The molecule has 5 heterocycles. The molecule has 3 aromatic heterocycles. The molecule has 15 heteroatoms. The predicted octanol–water partition coefficient (Wildman–Crippen LogP) is 3.99. The second-order valence-electron chi connectivity index (χ2n) is 10.8. The zero-order valence-corrected chi connectivity index (χ0v) is 26.5. The highest BCUT2D eigenvalue weighted by Crippen LogP contribution is 2.39. The first-order valence-corrected chi connectivity index (χ1v) is 16.3. The number of amides is 1. The fourth-order valence-electron chi connectivity index (χ4n) is 5.64. The predicted molar refractivity (Wildman–Crippen MR) is 168 cm³/mol. The van der Waals surface area contributed by atoms with Crippen molar-refractivity contribution in [3.63, 3.8) is 0 Å². The maximum atomic E-state index is 15.2. The first-order valence-electron chi connectivity index (χ1n) is 14.0. The summed E-state index contributed by atoms with van der Waals surface area (Å²) in [5, 5.41) is -0.449. The van der Waals surface area contributed by atoms with E-state index in [1.807, 2.05) is 11.8 Å². The van der Waals surface area contributed by atoms with Crippen LogP contribution in [0.5, 0.6) is 0 Å². The molecule has 0 unspecified atom stereocenters. The lowest BCUT2D eigenvalue weighted by Gasteiger charge is -2.40. The van der Waals surface area contributed by atoms with Gasteiger partial charge in [0.25, 0.3) is 0 Å². The van der Waals surface area contributed by atoms with Gasteiger partial charge in [-0.05, 0) is 44.2 Å². The van der Waals surface area contributed by atoms with Gasteiger partial charge in [0, 0.05) is 31.9 Å². The molecule has 234 valence electrons. The van der Waals surface area contributed by atoms with Crippen molar-refractivity contribution >= 4 is 55.8 Å². The quantitative estimate of drug-likeness (QED) is 0.279. The van der Waals surface area contributed by atoms with Crippen LogP contribution in [0.25, 0.3) is 28.0 Å². The van der Waals surface area contributed by atoms with Crippen molar-refractivity contribution in [3.05, 3.63) is 81.2 Å². The second-order valence-corrected chi connectivity index (χ2v) is 13.8. The number of rotatable bonds is 6. The van der Waals surface area contributed by atoms with Gasteiger partial charge in [0.15, 0.2) is 15.5 Å². The summed E-state index contributed by atoms with van der Waals surface area (Å²) in [5.41, 5.74) is -0.819. The van der Waals surface area contributed by atoms with Gasteiger partial charge in [0.1, 0.15) is 16.9 Å². The molecule has 0 saturated carbocycles. The average Bonchev–Trinajstić information content (AvgIpc) is 2.96. The molecule has 2 aliphatic heterocycles. The lowest BCUT2D eigenvalue weighted by atomic mass is 10.1. The summed E-state index contributed by atoms with van der Waals surface area (Å²) < 4.78 is 48.8. The molecule has 2 fully saturated rings. The van der Waals surface area contributed by atoms with E-state index in [0.29, 0.717) is 25.0 Å². The maximum Gasteiger partial charge on any atom is 0.355 e. The summed E-state index contributed by atoms with van der Waals surface area (Å²) in [4.78, 5) is 43.2. The molecule has 0 N–H and O–H groups in total. The molecule has 4 aromatic rings. The van der Waals surface area contributed by atoms with Gasteiger partial charge in [-0.3, -0.25) is 9.78 Å². The minimum atomic E-state index is -3.97. The number of sulfone groups is 1. The van der Waals surface area contributed by atoms with Crippen LogP contribution in [0.3, 0.4) is 0 Å². The number of hydrogen-bond donors (Lipinski definition) is 0. The summed E-state index contributed by atoms with van der Waals surface area (Å²) in [5.74, 6) is -0.686. The van der Waals surface area contributed by atoms with Crippen LogP contribution in [-0.4, -0.2) is 82.9 Å². The molecule has 1 atom stereocenters. The highest BCUT2D eigenvalue weighted by atomic mass is 35.5. The number of carbonyl (C=O) groups excluding carboxylic acids is 1. The van der Waals surface area contributed by atoms with Crippen LogP contribution in [0.1, 0.15) is 12.6 Å². The van der Waals surface area contributed by atoms with Crippen molar-refractivity contribution in [2.24, 2.45) is 0 Å². The Balaban J connectivity index is 1.66. The number of hydrogen-bond acceptors (Lipinski definition) is 9. The SMILES string of the molecule is C=CC(=O)N1CCN(c2nc(=O)n(-c3c(S(=O)(=O)C4COC4)ccnc3C)c3nc(-c4c(F)cccc4Cl)c(Cl)cc23)[C@@H](C)C1. The van der Waals surface area contributed by atoms with Crippen molar-refractivity contribution in [3.8, 4) is 16.9 Å². The van der Waals surface area contributed by atoms with E-state index < -0.39 is 26.6 Å². The Morgan fingerprint density at radius 1 is 1.16 bits per heavy atom. The molecule has 6 rings (SSSR count). The van der Waals surface area contributed by atoms with Crippen LogP contribution in [0.2, 0.25) is 10.0 Å². The molecule has 0 bridgehead atoms. The number of aryl methyl sites for hydroxylation is 1. The number of benzene rings is 1. The Labute approximate surface area is 267 Å². The Morgan fingerprint density at radius 2 is 1.91 bits per heavy atom. The van der Waals surface area contributed by atoms with Gasteiger partial charge in [-0.15, -0.1) is 0 Å². The first kappa shape index (κ1) is 31.1. The summed E-state index contributed by atoms with van der Waals surface area (Å²) in [6, 6.07) is 6.67. The van der Waals surface area contributed by atoms with Crippen molar-refractivity contribution in [1.29, 1.82) is 0 Å². The fraction of sp³-hybridized carbons (Fsp3) is 0.300. The van der Waals surface area contributed by atoms with Gasteiger partial charge >= 0.3 is 5.69 Å². The van der Waals surface area contributed by atoms with Gasteiger partial charge < -0.3 is 14.5 Å². The number of carbonyl (C=O) groups is 1. The van der Waals surface area contributed by atoms with E-state index in [4.69, 9.17) is 32.9 Å². The Bertz CT molecular complexity index is 2030. The molecular weight excluding hydrogens is 646 g/mol. The third kappa shape index (κ3) is 5.27. The van der Waals surface area contributed by atoms with Crippen LogP contribution in [0.4, 0.5) is 10.2 Å². The van der Waals surface area contributed by atoms with Crippen LogP contribution < -0.4 is 10.6 Å². The van der Waals surface area contributed by atoms with Gasteiger partial charge in [-0.25, -0.2) is 27.2 Å². The van der Waals surface area contributed by atoms with E-state index in [1.165, 1.54) is 42.6 Å². The number of halogens is 3. The van der Waals surface area contributed by atoms with Crippen molar-refractivity contribution < 1.29 is 22.3 Å². The molecule has 0 radical (unpaired) electrons. The zero-order chi connectivity index (χ0) is 32.2. The van der Waals surface area contributed by atoms with E-state index in [9.17, 15) is 18.0 Å². The second kappa shape index (κ2) is 11.8. The molecule has 0 spiro atoms. The molecule has 1 aromatic carbocycles. The summed E-state index contributed by atoms with van der Waals surface area (Å²) >= 11 is 13.1. The number of aromatic nitrogens is 4. The third-order valence-corrected chi connectivity index (χ3v) is 10.7. The Kier molecular flexibility index (Phi) is 8.14. The standard InChI is InChI=1S/C30H27Cl2FN6O5S/c1-4-24(40)37-10-11-38(16(2)13-37)28-19-12-21(32)26(25-20(31)6-5-7-22(25)33)35-29(19)39(30(41)36-28)27-17(3)34-9-8-23(27)45(42,43)18-14-44-15-18/h4-9,12,16,18H,1,10-11,13-15H2,2-3H3/t16-/m0/s1. The summed E-state index contributed by atoms with van der Waals surface area (Å²) in [6.07, 6.45) is 2.59. The fourth-order valence-corrected chi connectivity index (χ4v) is 7.80. The molecule has 0 aliphatic carbocycles. The van der Waals surface area contributed by atoms with E-state index >= 15 is 4.39 Å². The van der Waals surface area contributed by atoms with Crippen molar-refractivity contribution in [2.75, 3.05) is 37.7 Å². The van der Waals surface area contributed by atoms with E-state index in [2.05, 4.69) is 16.5 Å². The maximum absolute atomic E-state index is 15.2. The van der Waals surface area contributed by atoms with E-state index in [0.717, 1.165) is 4.57 Å². The summed E-state index contributed by atoms with van der Waals surface area (Å²) in [6.45, 7) is 8.01. The molecule has 11 nitrogen and oxygen atoms in total. The van der Waals surface area contributed by atoms with Gasteiger partial charge in [-0.2, -0.15) is 4.98 Å². The Morgan fingerprint density at radius 3 is 2.56 bits per heavy atom. The van der Waals surface area contributed by atoms with Crippen LogP contribution in [-0.2, 0) is 19.4 Å². The van der Waals surface area contributed by atoms with Crippen molar-refractivity contribution in [2.45, 2.75) is 30.0 Å². The molecule has 1 amide bonds. The largest absolute Gasteiger partial charge is 0.379 e. The molecule has 2 aliphatic rings. The number of piperazine rings is 1. The van der Waals surface area contributed by atoms with Gasteiger partial charge in [0.2, 0.25) is 5.91 Å². The van der Waals surface area contributed by atoms with Crippen LogP contribution in [0, 0.1) is 12.7 Å². The van der Waals surface area contributed by atoms with Crippen LogP contribution in [0.15, 0.2) is 58.9 Å². The number of anilines is 1. The van der Waals surface area contributed by atoms with Gasteiger partial charge in [0.05, 0.1) is 56.2 Å². The van der Waals surface area contributed by atoms with Crippen LogP contribution >= 0.6 is 23.2 Å². The highest BCUT2D eigenvalue weighted by molar-refractivity contribution is 7.92. The summed E-state index contributed by atoms with van der Waals surface area (Å²) in [7, 11) is -3.97. The number of pyridine rings is 2. The minimum Gasteiger partial charge on any atom is -0.379 e. The average molecular weight is 674 g/mol. The monoisotopic (exact) mass is 672 g/mol. The molecule has 45 heavy (non-hydrogen) atoms. The zero-order valence-electron chi connectivity index (χ0n) is 24.2. The molecular formula is C30H27Cl2FN6O5S. The smallest absolute Gasteiger partial charge is 0.355 e. The minimum absolute atomic E-state index is 0.0119. The lowest BCUT2D eigenvalue weighted by Crippen LogP contribution is -2.54. The highest BCUT2D eigenvalue weighted by Gasteiger charge is 2.37. The van der Waals surface area contributed by atoms with Gasteiger partial charge in [-0.1, -0.05) is 35.8 Å². The molecule has 2 saturated heterocycles. The Hall–Kier alpha value is -3.91. The van der Waals surface area contributed by atoms with E-state index in [-0.39, 0.29) is 74.2 Å². The van der Waals surface area contributed by atoms with Crippen molar-refractivity contribution in [1.82, 2.24) is 24.4 Å². The number of ether oxygens (including phenoxy) is 1.